The molecule has 2 aliphatic heterocycles. The van der Waals surface area contributed by atoms with E-state index in [0.717, 1.165) is 23.4 Å². The van der Waals surface area contributed by atoms with Gasteiger partial charge in [-0.05, 0) is 48.4 Å². The van der Waals surface area contributed by atoms with Gasteiger partial charge < -0.3 is 9.80 Å². The monoisotopic (exact) mass is 375 g/mol. The summed E-state index contributed by atoms with van der Waals surface area (Å²) in [6.07, 6.45) is 8.21. The summed E-state index contributed by atoms with van der Waals surface area (Å²) in [5.74, 6) is 0.891. The molecule has 1 saturated heterocycles. The molecule has 5 heteroatoms. The highest BCUT2D eigenvalue weighted by Crippen LogP contribution is 2.48. The number of rotatable bonds is 4. The second-order valence-electron chi connectivity index (χ2n) is 8.42. The molecule has 5 rings (SSSR count). The third-order valence-corrected chi connectivity index (χ3v) is 6.73. The first-order valence-electron chi connectivity index (χ1n) is 10.3. The fourth-order valence-corrected chi connectivity index (χ4v) is 4.92. The number of fused-ring (bicyclic) bond motifs is 2. The summed E-state index contributed by atoms with van der Waals surface area (Å²) in [5.41, 5.74) is 2.51. The van der Waals surface area contributed by atoms with Crippen LogP contribution in [-0.2, 0) is 21.4 Å². The van der Waals surface area contributed by atoms with E-state index in [0.29, 0.717) is 31.8 Å². The van der Waals surface area contributed by atoms with Crippen molar-refractivity contribution in [3.63, 3.8) is 0 Å². The van der Waals surface area contributed by atoms with Crippen molar-refractivity contribution >= 4 is 17.5 Å². The molecule has 5 nitrogen and oxygen atoms in total. The van der Waals surface area contributed by atoms with Crippen LogP contribution in [0.15, 0.2) is 48.8 Å². The molecule has 0 radical (unpaired) electrons. The van der Waals surface area contributed by atoms with E-state index in [4.69, 9.17) is 0 Å². The number of nitrogens with zero attached hydrogens (tertiary/aromatic N) is 3. The molecule has 0 bridgehead atoms. The van der Waals surface area contributed by atoms with Crippen LogP contribution < -0.4 is 4.90 Å². The predicted molar refractivity (Wildman–Crippen MR) is 107 cm³/mol. The molecular weight excluding hydrogens is 350 g/mol. The normalized spacial score (nSPS) is 23.9. The molecule has 1 aromatic carbocycles. The number of hydrogen-bond donors (Lipinski definition) is 0. The molecule has 1 spiro atoms. The molecule has 2 amide bonds. The largest absolute Gasteiger partial charge is 0.341 e. The number of carbonyl (C=O) groups is 2. The van der Waals surface area contributed by atoms with Crippen LogP contribution in [0.2, 0.25) is 0 Å². The second kappa shape index (κ2) is 6.73. The van der Waals surface area contributed by atoms with Gasteiger partial charge in [0.1, 0.15) is 0 Å². The van der Waals surface area contributed by atoms with E-state index in [9.17, 15) is 9.59 Å². The lowest BCUT2D eigenvalue weighted by atomic mass is 9.81. The molecule has 2 aromatic rings. The number of likely N-dealkylation sites (tertiary alicyclic amines) is 1. The van der Waals surface area contributed by atoms with E-state index < -0.39 is 5.41 Å². The highest BCUT2D eigenvalue weighted by Gasteiger charge is 2.55. The second-order valence-corrected chi connectivity index (χ2v) is 8.42. The molecule has 1 aliphatic carbocycles. The lowest BCUT2D eigenvalue weighted by Gasteiger charge is -2.31. The molecule has 2 fully saturated rings. The zero-order valence-electron chi connectivity index (χ0n) is 16.0. The molecular formula is C23H25N3O2. The standard InChI is InChI=1S/C23H25N3O2/c27-21(13-18-7-4-11-24-14-18)25-12-10-23(16-25)19-8-1-2-9-20(19)26(22(23)28)15-17-5-3-6-17/h1-2,4,7-9,11,14,17H,3,5-6,10,12-13,15-16H2. The van der Waals surface area contributed by atoms with Crippen molar-refractivity contribution in [2.24, 2.45) is 5.92 Å². The minimum absolute atomic E-state index is 0.0765. The van der Waals surface area contributed by atoms with Crippen LogP contribution in [0.3, 0.4) is 0 Å². The lowest BCUT2D eigenvalue weighted by Crippen LogP contribution is -2.45. The van der Waals surface area contributed by atoms with Gasteiger partial charge in [0.25, 0.3) is 0 Å². The van der Waals surface area contributed by atoms with Gasteiger partial charge in [-0.15, -0.1) is 0 Å². The summed E-state index contributed by atoms with van der Waals surface area (Å²) in [7, 11) is 0. The molecule has 0 N–H and O–H groups in total. The highest BCUT2D eigenvalue weighted by atomic mass is 16.2. The smallest absolute Gasteiger partial charge is 0.239 e. The van der Waals surface area contributed by atoms with E-state index in [1.165, 1.54) is 19.3 Å². The number of hydrogen-bond acceptors (Lipinski definition) is 3. The van der Waals surface area contributed by atoms with E-state index in [1.807, 2.05) is 34.1 Å². The zero-order chi connectivity index (χ0) is 19.1. The molecule has 3 heterocycles. The molecule has 144 valence electrons. The van der Waals surface area contributed by atoms with Crippen LogP contribution in [0, 0.1) is 5.92 Å². The summed E-state index contributed by atoms with van der Waals surface area (Å²) >= 11 is 0. The fourth-order valence-electron chi connectivity index (χ4n) is 4.92. The number of para-hydroxylation sites is 1. The van der Waals surface area contributed by atoms with Crippen molar-refractivity contribution in [3.05, 3.63) is 59.9 Å². The Balaban J connectivity index is 1.39. The number of amides is 2. The Morgan fingerprint density at radius 3 is 2.79 bits per heavy atom. The van der Waals surface area contributed by atoms with Crippen molar-refractivity contribution in [1.82, 2.24) is 9.88 Å². The Labute approximate surface area is 165 Å². The average Bonchev–Trinajstić information content (AvgIpc) is 3.22. The van der Waals surface area contributed by atoms with Crippen LogP contribution in [-0.4, -0.2) is 41.3 Å². The van der Waals surface area contributed by atoms with Crippen LogP contribution in [0.1, 0.15) is 36.8 Å². The Morgan fingerprint density at radius 1 is 1.18 bits per heavy atom. The maximum atomic E-state index is 13.6. The first kappa shape index (κ1) is 17.4. The average molecular weight is 375 g/mol. The van der Waals surface area contributed by atoms with E-state index in [-0.39, 0.29) is 11.8 Å². The van der Waals surface area contributed by atoms with Gasteiger partial charge in [-0.2, -0.15) is 0 Å². The number of carbonyl (C=O) groups excluding carboxylic acids is 2. The molecule has 1 saturated carbocycles. The first-order chi connectivity index (χ1) is 13.7. The summed E-state index contributed by atoms with van der Waals surface area (Å²) in [6, 6.07) is 12.0. The minimum atomic E-state index is -0.565. The maximum Gasteiger partial charge on any atom is 0.239 e. The van der Waals surface area contributed by atoms with Gasteiger partial charge in [0.15, 0.2) is 0 Å². The van der Waals surface area contributed by atoms with Gasteiger partial charge in [0.05, 0.1) is 11.8 Å². The van der Waals surface area contributed by atoms with E-state index in [2.05, 4.69) is 17.1 Å². The number of benzene rings is 1. The fraction of sp³-hybridized carbons (Fsp3) is 0.435. The molecule has 1 aromatic heterocycles. The SMILES string of the molecule is O=C(Cc1cccnc1)N1CCC2(C1)C(=O)N(CC1CCC1)c1ccccc12. The van der Waals surface area contributed by atoms with Crippen LogP contribution in [0.5, 0.6) is 0 Å². The Morgan fingerprint density at radius 2 is 2.04 bits per heavy atom. The van der Waals surface area contributed by atoms with Gasteiger partial charge in [0, 0.05) is 37.7 Å². The highest BCUT2D eigenvalue weighted by molar-refractivity contribution is 6.09. The van der Waals surface area contributed by atoms with Crippen LogP contribution >= 0.6 is 0 Å². The van der Waals surface area contributed by atoms with Gasteiger partial charge in [-0.3, -0.25) is 14.6 Å². The van der Waals surface area contributed by atoms with Crippen LogP contribution in [0.4, 0.5) is 5.69 Å². The third kappa shape index (κ3) is 2.72. The Kier molecular flexibility index (Phi) is 4.18. The van der Waals surface area contributed by atoms with Crippen molar-refractivity contribution in [1.29, 1.82) is 0 Å². The number of aromatic nitrogens is 1. The van der Waals surface area contributed by atoms with Crippen LogP contribution in [0.25, 0.3) is 0 Å². The molecule has 1 atom stereocenters. The van der Waals surface area contributed by atoms with Gasteiger partial charge in [0.2, 0.25) is 11.8 Å². The lowest BCUT2D eigenvalue weighted by molar-refractivity contribution is -0.130. The van der Waals surface area contributed by atoms with E-state index >= 15 is 0 Å². The summed E-state index contributed by atoms with van der Waals surface area (Å²) in [4.78, 5) is 34.4. The van der Waals surface area contributed by atoms with Gasteiger partial charge in [-0.1, -0.05) is 30.7 Å². The quantitative estimate of drug-likeness (QED) is 0.826. The van der Waals surface area contributed by atoms with Crippen molar-refractivity contribution in [2.75, 3.05) is 24.5 Å². The van der Waals surface area contributed by atoms with Gasteiger partial charge >= 0.3 is 0 Å². The van der Waals surface area contributed by atoms with Crippen molar-refractivity contribution in [3.8, 4) is 0 Å². The predicted octanol–water partition coefficient (Wildman–Crippen LogP) is 2.94. The third-order valence-electron chi connectivity index (χ3n) is 6.73. The minimum Gasteiger partial charge on any atom is -0.341 e. The summed E-state index contributed by atoms with van der Waals surface area (Å²) in [6.45, 7) is 1.95. The summed E-state index contributed by atoms with van der Waals surface area (Å²) < 4.78 is 0. The van der Waals surface area contributed by atoms with Crippen molar-refractivity contribution in [2.45, 2.75) is 37.5 Å². The Bertz CT molecular complexity index is 909. The van der Waals surface area contributed by atoms with Gasteiger partial charge in [-0.25, -0.2) is 0 Å². The zero-order valence-corrected chi connectivity index (χ0v) is 16.0. The molecule has 3 aliphatic rings. The molecule has 28 heavy (non-hydrogen) atoms. The molecule has 1 unspecified atom stereocenters. The summed E-state index contributed by atoms with van der Waals surface area (Å²) in [5, 5.41) is 0. The van der Waals surface area contributed by atoms with E-state index in [1.54, 1.807) is 12.4 Å². The number of pyridine rings is 1. The topological polar surface area (TPSA) is 53.5 Å². The van der Waals surface area contributed by atoms with Crippen molar-refractivity contribution < 1.29 is 9.59 Å². The first-order valence-corrected chi connectivity index (χ1v) is 10.3. The maximum absolute atomic E-state index is 13.6. The Hall–Kier alpha value is -2.69. The number of anilines is 1.